The first-order valence-electron chi connectivity index (χ1n) is 9.33. The molecule has 0 saturated carbocycles. The molecular formula is C18H30N4O3. The lowest BCUT2D eigenvalue weighted by Gasteiger charge is -2.31. The summed E-state index contributed by atoms with van der Waals surface area (Å²) in [6.45, 7) is 7.94. The second kappa shape index (κ2) is 8.29. The molecule has 0 unspecified atom stereocenters. The molecule has 0 aromatic carbocycles. The van der Waals surface area contributed by atoms with E-state index in [0.29, 0.717) is 12.5 Å². The fourth-order valence-electron chi connectivity index (χ4n) is 3.58. The first kappa shape index (κ1) is 18.4. The van der Waals surface area contributed by atoms with Crippen molar-refractivity contribution in [3.05, 3.63) is 17.3 Å². The lowest BCUT2D eigenvalue weighted by molar-refractivity contribution is -0.132. The Kier molecular flexibility index (Phi) is 6.09. The highest BCUT2D eigenvalue weighted by Crippen LogP contribution is 2.21. The number of nitrogens with zero attached hydrogens (tertiary/aromatic N) is 2. The van der Waals surface area contributed by atoms with Gasteiger partial charge in [-0.05, 0) is 58.5 Å². The minimum atomic E-state index is -0.315. The van der Waals surface area contributed by atoms with Crippen LogP contribution in [0.15, 0.2) is 4.42 Å². The molecule has 140 valence electrons. The number of carbonyl (C=O) groups excluding carboxylic acids is 1. The Morgan fingerprint density at radius 1 is 1.28 bits per heavy atom. The first-order chi connectivity index (χ1) is 12.0. The molecule has 1 aromatic heterocycles. The normalized spacial score (nSPS) is 25.4. The number of hydrogen-bond acceptors (Lipinski definition) is 6. The lowest BCUT2D eigenvalue weighted by atomic mass is 9.96. The second-order valence-corrected chi connectivity index (χ2v) is 7.27. The molecule has 1 amide bonds. The van der Waals surface area contributed by atoms with Crippen LogP contribution in [0.1, 0.15) is 43.0 Å². The van der Waals surface area contributed by atoms with E-state index in [0.717, 1.165) is 69.2 Å². The minimum Gasteiger partial charge on any atom is -0.444 e. The monoisotopic (exact) mass is 350 g/mol. The summed E-state index contributed by atoms with van der Waals surface area (Å²) in [7, 11) is 0. The molecule has 2 aliphatic heterocycles. The number of ether oxygens (including phenoxy) is 1. The second-order valence-electron chi connectivity index (χ2n) is 7.27. The lowest BCUT2D eigenvalue weighted by Crippen LogP contribution is -2.41. The van der Waals surface area contributed by atoms with Gasteiger partial charge in [-0.3, -0.25) is 9.69 Å². The van der Waals surface area contributed by atoms with Crippen molar-refractivity contribution in [2.75, 3.05) is 26.2 Å². The zero-order chi connectivity index (χ0) is 17.8. The van der Waals surface area contributed by atoms with Crippen LogP contribution in [0, 0.1) is 19.8 Å². The molecule has 2 atom stereocenters. The van der Waals surface area contributed by atoms with E-state index in [1.54, 1.807) is 0 Å². The Hall–Kier alpha value is -1.44. The van der Waals surface area contributed by atoms with Crippen molar-refractivity contribution in [1.82, 2.24) is 15.2 Å². The molecule has 0 bridgehead atoms. The molecule has 0 spiro atoms. The van der Waals surface area contributed by atoms with Crippen LogP contribution in [0.25, 0.3) is 0 Å². The number of hydrogen-bond donors (Lipinski definition) is 2. The van der Waals surface area contributed by atoms with E-state index in [9.17, 15) is 4.79 Å². The number of amides is 1. The van der Waals surface area contributed by atoms with Gasteiger partial charge in [-0.1, -0.05) is 0 Å². The summed E-state index contributed by atoms with van der Waals surface area (Å²) in [5.41, 5.74) is 6.56. The Balaban J connectivity index is 1.36. The number of carbonyl (C=O) groups is 1. The third kappa shape index (κ3) is 4.80. The standard InChI is InChI=1S/C18H30N4O3/c1-12-13(2)24-17(21-12)11-22-7-5-14(6-8-22)10-20-18(23)16-4-3-15(9-19)25-16/h14-16H,3-11,19H2,1-2H3,(H,20,23)/t15-,16+/m1/s1. The fraction of sp³-hybridized carbons (Fsp3) is 0.778. The third-order valence-corrected chi connectivity index (χ3v) is 5.37. The first-order valence-corrected chi connectivity index (χ1v) is 9.33. The summed E-state index contributed by atoms with van der Waals surface area (Å²) < 4.78 is 11.3. The number of nitrogens with two attached hydrogens (primary N) is 1. The van der Waals surface area contributed by atoms with Gasteiger partial charge in [-0.2, -0.15) is 0 Å². The van der Waals surface area contributed by atoms with Gasteiger partial charge < -0.3 is 20.2 Å². The van der Waals surface area contributed by atoms with Crippen molar-refractivity contribution in [2.45, 2.75) is 58.3 Å². The van der Waals surface area contributed by atoms with Gasteiger partial charge in [0.05, 0.1) is 18.3 Å². The Labute approximate surface area is 149 Å². The highest BCUT2D eigenvalue weighted by atomic mass is 16.5. The molecule has 2 saturated heterocycles. The average molecular weight is 350 g/mol. The van der Waals surface area contributed by atoms with E-state index >= 15 is 0 Å². The van der Waals surface area contributed by atoms with Gasteiger partial charge >= 0.3 is 0 Å². The molecule has 0 aliphatic carbocycles. The average Bonchev–Trinajstić information content (AvgIpc) is 3.21. The summed E-state index contributed by atoms with van der Waals surface area (Å²) >= 11 is 0. The Morgan fingerprint density at radius 3 is 2.64 bits per heavy atom. The van der Waals surface area contributed by atoms with Crippen molar-refractivity contribution in [2.24, 2.45) is 11.7 Å². The molecule has 25 heavy (non-hydrogen) atoms. The van der Waals surface area contributed by atoms with Gasteiger partial charge in [0.25, 0.3) is 0 Å². The molecule has 3 heterocycles. The summed E-state index contributed by atoms with van der Waals surface area (Å²) in [6, 6.07) is 0. The van der Waals surface area contributed by atoms with Crippen LogP contribution in [-0.2, 0) is 16.1 Å². The van der Waals surface area contributed by atoms with E-state index < -0.39 is 0 Å². The van der Waals surface area contributed by atoms with Crippen LogP contribution < -0.4 is 11.1 Å². The van der Waals surface area contributed by atoms with Crippen molar-refractivity contribution in [1.29, 1.82) is 0 Å². The fourth-order valence-corrected chi connectivity index (χ4v) is 3.58. The van der Waals surface area contributed by atoms with Crippen LogP contribution in [0.4, 0.5) is 0 Å². The maximum Gasteiger partial charge on any atom is 0.249 e. The van der Waals surface area contributed by atoms with Crippen LogP contribution in [-0.4, -0.2) is 54.2 Å². The van der Waals surface area contributed by atoms with Crippen molar-refractivity contribution >= 4 is 5.91 Å². The van der Waals surface area contributed by atoms with E-state index in [4.69, 9.17) is 14.9 Å². The van der Waals surface area contributed by atoms with Gasteiger partial charge in [0.1, 0.15) is 11.9 Å². The van der Waals surface area contributed by atoms with Gasteiger partial charge in [0.2, 0.25) is 11.8 Å². The van der Waals surface area contributed by atoms with Crippen LogP contribution in [0.5, 0.6) is 0 Å². The maximum absolute atomic E-state index is 12.2. The smallest absolute Gasteiger partial charge is 0.249 e. The van der Waals surface area contributed by atoms with Gasteiger partial charge in [-0.25, -0.2) is 4.98 Å². The van der Waals surface area contributed by atoms with Crippen molar-refractivity contribution < 1.29 is 13.9 Å². The largest absolute Gasteiger partial charge is 0.444 e. The Morgan fingerprint density at radius 2 is 2.04 bits per heavy atom. The van der Waals surface area contributed by atoms with E-state index in [2.05, 4.69) is 15.2 Å². The van der Waals surface area contributed by atoms with Crippen LogP contribution in [0.2, 0.25) is 0 Å². The van der Waals surface area contributed by atoms with Crippen molar-refractivity contribution in [3.63, 3.8) is 0 Å². The Bertz CT molecular complexity index is 561. The number of likely N-dealkylation sites (tertiary alicyclic amines) is 1. The van der Waals surface area contributed by atoms with Crippen LogP contribution in [0.3, 0.4) is 0 Å². The van der Waals surface area contributed by atoms with E-state index in [1.807, 2.05) is 13.8 Å². The third-order valence-electron chi connectivity index (χ3n) is 5.37. The minimum absolute atomic E-state index is 0.0177. The molecule has 7 nitrogen and oxygen atoms in total. The zero-order valence-electron chi connectivity index (χ0n) is 15.3. The number of piperidine rings is 1. The van der Waals surface area contributed by atoms with Gasteiger partial charge in [0, 0.05) is 13.1 Å². The number of aromatic nitrogens is 1. The SMILES string of the molecule is Cc1nc(CN2CCC(CNC(=O)[C@@H]3CC[C@H](CN)O3)CC2)oc1C. The molecular weight excluding hydrogens is 320 g/mol. The van der Waals surface area contributed by atoms with Crippen LogP contribution >= 0.6 is 0 Å². The molecule has 1 aromatic rings. The zero-order valence-corrected chi connectivity index (χ0v) is 15.3. The highest BCUT2D eigenvalue weighted by Gasteiger charge is 2.30. The number of aryl methyl sites for hydroxylation is 2. The molecule has 3 N–H and O–H groups in total. The summed E-state index contributed by atoms with van der Waals surface area (Å²) in [5.74, 6) is 2.25. The molecule has 3 rings (SSSR count). The predicted molar refractivity (Wildman–Crippen MR) is 93.9 cm³/mol. The molecule has 0 radical (unpaired) electrons. The highest BCUT2D eigenvalue weighted by molar-refractivity contribution is 5.81. The number of rotatable bonds is 6. The number of oxazole rings is 1. The molecule has 2 fully saturated rings. The number of nitrogens with one attached hydrogen (secondary N) is 1. The van der Waals surface area contributed by atoms with E-state index in [-0.39, 0.29) is 18.1 Å². The topological polar surface area (TPSA) is 93.6 Å². The molecule has 7 heteroatoms. The van der Waals surface area contributed by atoms with Crippen molar-refractivity contribution in [3.8, 4) is 0 Å². The quantitative estimate of drug-likeness (QED) is 0.799. The predicted octanol–water partition coefficient (Wildman–Crippen LogP) is 1.13. The maximum atomic E-state index is 12.2. The molecule has 2 aliphatic rings. The summed E-state index contributed by atoms with van der Waals surface area (Å²) in [4.78, 5) is 19.0. The van der Waals surface area contributed by atoms with Gasteiger partial charge in [-0.15, -0.1) is 0 Å². The van der Waals surface area contributed by atoms with E-state index in [1.165, 1.54) is 0 Å². The van der Waals surface area contributed by atoms with Gasteiger partial charge in [0.15, 0.2) is 0 Å². The summed E-state index contributed by atoms with van der Waals surface area (Å²) in [5, 5.41) is 3.06. The summed E-state index contributed by atoms with van der Waals surface area (Å²) in [6.07, 6.45) is 3.55.